The normalized spacial score (nSPS) is 15.0. The van der Waals surface area contributed by atoms with Crippen LogP contribution in [0.5, 0.6) is 0 Å². The summed E-state index contributed by atoms with van der Waals surface area (Å²) in [6.07, 6.45) is 6.33. The highest BCUT2D eigenvalue weighted by molar-refractivity contribution is 5.94. The number of rotatable bonds is 5. The fourth-order valence-corrected chi connectivity index (χ4v) is 3.07. The van der Waals surface area contributed by atoms with Gasteiger partial charge in [0.1, 0.15) is 0 Å². The van der Waals surface area contributed by atoms with Gasteiger partial charge in [-0.3, -0.25) is 14.4 Å². The van der Waals surface area contributed by atoms with Crippen molar-refractivity contribution in [2.24, 2.45) is 7.05 Å². The number of benzene rings is 1. The van der Waals surface area contributed by atoms with Gasteiger partial charge in [-0.2, -0.15) is 5.10 Å². The van der Waals surface area contributed by atoms with Crippen LogP contribution in [0, 0.1) is 0 Å². The van der Waals surface area contributed by atoms with Crippen LogP contribution in [0.15, 0.2) is 36.7 Å². The molecule has 1 aromatic carbocycles. The average molecular weight is 312 g/mol. The van der Waals surface area contributed by atoms with E-state index in [-0.39, 0.29) is 5.91 Å². The largest absolute Gasteiger partial charge is 0.337 e. The van der Waals surface area contributed by atoms with E-state index in [0.717, 1.165) is 17.7 Å². The first-order valence-electron chi connectivity index (χ1n) is 8.16. The number of likely N-dealkylation sites (tertiary alicyclic amines) is 1. The molecule has 0 saturated carbocycles. The van der Waals surface area contributed by atoms with Crippen LogP contribution in [-0.4, -0.2) is 45.6 Å². The molecule has 0 unspecified atom stereocenters. The van der Waals surface area contributed by atoms with Crippen molar-refractivity contribution in [3.05, 3.63) is 53.3 Å². The Morgan fingerprint density at radius 2 is 1.87 bits per heavy atom. The second kappa shape index (κ2) is 6.96. The van der Waals surface area contributed by atoms with E-state index in [1.165, 1.54) is 31.5 Å². The van der Waals surface area contributed by atoms with E-state index in [9.17, 15) is 4.79 Å². The van der Waals surface area contributed by atoms with Gasteiger partial charge in [-0.15, -0.1) is 0 Å². The molecule has 0 bridgehead atoms. The second-order valence-corrected chi connectivity index (χ2v) is 6.36. The molecule has 0 N–H and O–H groups in total. The topological polar surface area (TPSA) is 41.4 Å². The highest BCUT2D eigenvalue weighted by Gasteiger charge is 2.14. The Morgan fingerprint density at radius 3 is 2.48 bits per heavy atom. The van der Waals surface area contributed by atoms with Crippen LogP contribution in [0.2, 0.25) is 0 Å². The third-order valence-corrected chi connectivity index (χ3v) is 4.33. The van der Waals surface area contributed by atoms with E-state index in [1.807, 2.05) is 32.4 Å². The molecule has 1 aliphatic heterocycles. The minimum Gasteiger partial charge on any atom is -0.337 e. The molecule has 5 heteroatoms. The molecule has 1 aromatic heterocycles. The Labute approximate surface area is 137 Å². The first-order valence-corrected chi connectivity index (χ1v) is 8.16. The van der Waals surface area contributed by atoms with Gasteiger partial charge in [0.05, 0.1) is 6.20 Å². The average Bonchev–Trinajstić information content (AvgIpc) is 3.19. The number of hydrogen-bond donors (Lipinski definition) is 0. The third-order valence-electron chi connectivity index (χ3n) is 4.33. The van der Waals surface area contributed by atoms with Crippen molar-refractivity contribution in [3.8, 4) is 0 Å². The van der Waals surface area contributed by atoms with Gasteiger partial charge in [-0.05, 0) is 43.6 Å². The Bertz CT molecular complexity index is 656. The highest BCUT2D eigenvalue weighted by Crippen LogP contribution is 2.14. The fourth-order valence-electron chi connectivity index (χ4n) is 3.07. The molecule has 23 heavy (non-hydrogen) atoms. The first-order chi connectivity index (χ1) is 11.1. The first kappa shape index (κ1) is 15.7. The van der Waals surface area contributed by atoms with Crippen LogP contribution in [0.1, 0.15) is 34.3 Å². The Hall–Kier alpha value is -2.14. The molecule has 0 radical (unpaired) electrons. The monoisotopic (exact) mass is 312 g/mol. The summed E-state index contributed by atoms with van der Waals surface area (Å²) in [4.78, 5) is 16.7. The van der Waals surface area contributed by atoms with Crippen molar-refractivity contribution >= 4 is 5.91 Å². The Balaban J connectivity index is 1.60. The maximum absolute atomic E-state index is 12.5. The Morgan fingerprint density at radius 1 is 1.17 bits per heavy atom. The van der Waals surface area contributed by atoms with Crippen LogP contribution in [0.3, 0.4) is 0 Å². The number of nitrogens with zero attached hydrogens (tertiary/aromatic N) is 4. The number of amides is 1. The van der Waals surface area contributed by atoms with E-state index >= 15 is 0 Å². The molecule has 0 spiro atoms. The van der Waals surface area contributed by atoms with Gasteiger partial charge in [0.15, 0.2) is 0 Å². The molecule has 0 atom stereocenters. The van der Waals surface area contributed by atoms with Crippen molar-refractivity contribution < 1.29 is 4.79 Å². The summed E-state index contributed by atoms with van der Waals surface area (Å²) in [5, 5.41) is 4.14. The lowest BCUT2D eigenvalue weighted by atomic mass is 10.1. The maximum Gasteiger partial charge on any atom is 0.253 e. The summed E-state index contributed by atoms with van der Waals surface area (Å²) in [6, 6.07) is 8.02. The smallest absolute Gasteiger partial charge is 0.253 e. The van der Waals surface area contributed by atoms with Gasteiger partial charge in [0.2, 0.25) is 0 Å². The molecule has 1 fully saturated rings. The molecular formula is C18H24N4O. The van der Waals surface area contributed by atoms with Crippen molar-refractivity contribution in [2.75, 3.05) is 20.1 Å². The minimum absolute atomic E-state index is 0.0431. The van der Waals surface area contributed by atoms with Crippen molar-refractivity contribution in [1.82, 2.24) is 19.6 Å². The van der Waals surface area contributed by atoms with Gasteiger partial charge in [0, 0.05) is 44.5 Å². The highest BCUT2D eigenvalue weighted by atomic mass is 16.2. The summed E-state index contributed by atoms with van der Waals surface area (Å²) in [7, 11) is 3.71. The summed E-state index contributed by atoms with van der Waals surface area (Å²) in [5.41, 5.74) is 3.05. The summed E-state index contributed by atoms with van der Waals surface area (Å²) in [6.45, 7) is 3.94. The van der Waals surface area contributed by atoms with E-state index in [2.05, 4.69) is 22.1 Å². The summed E-state index contributed by atoms with van der Waals surface area (Å²) < 4.78 is 1.75. The zero-order valence-corrected chi connectivity index (χ0v) is 13.9. The van der Waals surface area contributed by atoms with E-state index in [4.69, 9.17) is 0 Å². The predicted octanol–water partition coefficient (Wildman–Crippen LogP) is 2.29. The van der Waals surface area contributed by atoms with Crippen LogP contribution in [0.25, 0.3) is 0 Å². The molecule has 1 amide bonds. The summed E-state index contributed by atoms with van der Waals surface area (Å²) >= 11 is 0. The van der Waals surface area contributed by atoms with Crippen molar-refractivity contribution in [1.29, 1.82) is 0 Å². The standard InChI is InChI=1S/C18H24N4O/c1-20(12-16-11-19-21(2)13-16)18(23)17-7-5-15(6-8-17)14-22-9-3-4-10-22/h5-8,11,13H,3-4,9-10,12,14H2,1-2H3. The van der Waals surface area contributed by atoms with E-state index < -0.39 is 0 Å². The Kier molecular flexibility index (Phi) is 4.76. The molecular weight excluding hydrogens is 288 g/mol. The number of aromatic nitrogens is 2. The molecule has 0 aliphatic carbocycles. The molecule has 122 valence electrons. The summed E-state index contributed by atoms with van der Waals surface area (Å²) in [5.74, 6) is 0.0431. The van der Waals surface area contributed by atoms with Crippen LogP contribution >= 0.6 is 0 Å². The number of hydrogen-bond acceptors (Lipinski definition) is 3. The lowest BCUT2D eigenvalue weighted by molar-refractivity contribution is 0.0785. The molecule has 1 aliphatic rings. The van der Waals surface area contributed by atoms with Crippen LogP contribution in [-0.2, 0) is 20.1 Å². The zero-order valence-electron chi connectivity index (χ0n) is 13.9. The van der Waals surface area contributed by atoms with Crippen molar-refractivity contribution in [3.63, 3.8) is 0 Å². The van der Waals surface area contributed by atoms with Gasteiger partial charge >= 0.3 is 0 Å². The maximum atomic E-state index is 12.5. The number of carbonyl (C=O) groups is 1. The van der Waals surface area contributed by atoms with Crippen molar-refractivity contribution in [2.45, 2.75) is 25.9 Å². The molecule has 3 rings (SSSR count). The minimum atomic E-state index is 0.0431. The lowest BCUT2D eigenvalue weighted by Gasteiger charge is -2.17. The lowest BCUT2D eigenvalue weighted by Crippen LogP contribution is -2.26. The quantitative estimate of drug-likeness (QED) is 0.850. The van der Waals surface area contributed by atoms with Crippen LogP contribution in [0.4, 0.5) is 0 Å². The number of aryl methyl sites for hydroxylation is 1. The van der Waals surface area contributed by atoms with Gasteiger partial charge < -0.3 is 4.90 Å². The van der Waals surface area contributed by atoms with Gasteiger partial charge in [-0.1, -0.05) is 12.1 Å². The third kappa shape index (κ3) is 3.99. The van der Waals surface area contributed by atoms with E-state index in [0.29, 0.717) is 6.54 Å². The molecule has 1 saturated heterocycles. The van der Waals surface area contributed by atoms with Crippen LogP contribution < -0.4 is 0 Å². The number of carbonyl (C=O) groups excluding carboxylic acids is 1. The fraction of sp³-hybridized carbons (Fsp3) is 0.444. The second-order valence-electron chi connectivity index (χ2n) is 6.36. The predicted molar refractivity (Wildman–Crippen MR) is 90.0 cm³/mol. The van der Waals surface area contributed by atoms with Gasteiger partial charge in [0.25, 0.3) is 5.91 Å². The molecule has 2 aromatic rings. The molecule has 5 nitrogen and oxygen atoms in total. The van der Waals surface area contributed by atoms with E-state index in [1.54, 1.807) is 15.8 Å². The van der Waals surface area contributed by atoms with Gasteiger partial charge in [-0.25, -0.2) is 0 Å². The molecule has 2 heterocycles. The zero-order chi connectivity index (χ0) is 16.2. The SMILES string of the molecule is CN(Cc1cnn(C)c1)C(=O)c1ccc(CN2CCCC2)cc1.